The molecular formula is C10H9BF3N2O-. The van der Waals surface area contributed by atoms with E-state index >= 15 is 0 Å². The van der Waals surface area contributed by atoms with E-state index in [0.717, 1.165) is 4.57 Å². The molecule has 90 valence electrons. The first-order valence-corrected chi connectivity index (χ1v) is 5.06. The third kappa shape index (κ3) is 2.32. The lowest BCUT2D eigenvalue weighted by molar-refractivity contribution is 0.445. The second-order valence-corrected chi connectivity index (χ2v) is 3.81. The maximum Gasteiger partial charge on any atom is 0.497 e. The van der Waals surface area contributed by atoms with E-state index in [1.165, 1.54) is 13.0 Å². The Morgan fingerprint density at radius 1 is 1.29 bits per heavy atom. The van der Waals surface area contributed by atoms with Gasteiger partial charge in [-0.1, -0.05) is 12.1 Å². The molecule has 2 rings (SSSR count). The Kier molecular flexibility index (Phi) is 2.69. The molecule has 0 radical (unpaired) electrons. The van der Waals surface area contributed by atoms with Crippen molar-refractivity contribution in [3.8, 4) is 0 Å². The molecule has 7 heteroatoms. The van der Waals surface area contributed by atoms with Crippen molar-refractivity contribution in [2.75, 3.05) is 0 Å². The zero-order valence-corrected chi connectivity index (χ0v) is 9.03. The Morgan fingerprint density at radius 2 is 1.94 bits per heavy atom. The zero-order chi connectivity index (χ0) is 12.6. The van der Waals surface area contributed by atoms with Crippen LogP contribution < -0.4 is 5.56 Å². The van der Waals surface area contributed by atoms with Gasteiger partial charge >= 0.3 is 6.98 Å². The zero-order valence-electron chi connectivity index (χ0n) is 9.03. The SMILES string of the molecule is Cc1nc2ccccc2n(C[B-](F)(F)F)c1=O. The molecule has 0 atom stereocenters. The standard InChI is InChI=1S/C10H9BF3N2O/c1-7-10(17)16(6-11(12,13)14)9-5-3-2-4-8(9)15-7/h2-5H,6H2,1H3/q-1. The van der Waals surface area contributed by atoms with E-state index in [-0.39, 0.29) is 11.2 Å². The van der Waals surface area contributed by atoms with Crippen molar-refractivity contribution >= 4 is 18.0 Å². The summed E-state index contributed by atoms with van der Waals surface area (Å²) < 4.78 is 38.1. The van der Waals surface area contributed by atoms with E-state index in [1.807, 2.05) is 0 Å². The normalized spacial score (nSPS) is 12.0. The van der Waals surface area contributed by atoms with E-state index in [4.69, 9.17) is 0 Å². The number of nitrogens with zero attached hydrogens (tertiary/aromatic N) is 2. The number of halogens is 3. The average molecular weight is 241 g/mol. The molecule has 0 saturated heterocycles. The lowest BCUT2D eigenvalue weighted by atomic mass is 9.92. The number of hydrogen-bond acceptors (Lipinski definition) is 2. The highest BCUT2D eigenvalue weighted by atomic mass is 19.4. The van der Waals surface area contributed by atoms with Gasteiger partial charge in [-0.2, -0.15) is 0 Å². The molecule has 1 heterocycles. The van der Waals surface area contributed by atoms with E-state index < -0.39 is 19.0 Å². The summed E-state index contributed by atoms with van der Waals surface area (Å²) in [5.41, 5.74) is -0.0152. The molecule has 3 nitrogen and oxygen atoms in total. The summed E-state index contributed by atoms with van der Waals surface area (Å²) in [6.07, 6.45) is -1.23. The summed E-state index contributed by atoms with van der Waals surface area (Å²) in [6.45, 7) is -3.65. The molecule has 0 aliphatic carbocycles. The van der Waals surface area contributed by atoms with Gasteiger partial charge in [-0.25, -0.2) is 4.98 Å². The van der Waals surface area contributed by atoms with Crippen LogP contribution in [0.5, 0.6) is 0 Å². The molecular weight excluding hydrogens is 232 g/mol. The Hall–Kier alpha value is -1.79. The predicted molar refractivity (Wildman–Crippen MR) is 59.8 cm³/mol. The third-order valence-electron chi connectivity index (χ3n) is 2.40. The highest BCUT2D eigenvalue weighted by Gasteiger charge is 2.25. The maximum atomic E-state index is 12.5. The van der Waals surface area contributed by atoms with Gasteiger partial charge < -0.3 is 17.5 Å². The molecule has 0 amide bonds. The fourth-order valence-electron chi connectivity index (χ4n) is 1.71. The van der Waals surface area contributed by atoms with Crippen molar-refractivity contribution in [3.05, 3.63) is 40.3 Å². The number of aryl methyl sites for hydroxylation is 1. The molecule has 0 unspecified atom stereocenters. The van der Waals surface area contributed by atoms with E-state index in [9.17, 15) is 17.7 Å². The number of hydrogen-bond donors (Lipinski definition) is 0. The predicted octanol–water partition coefficient (Wildman–Crippen LogP) is 2.09. The van der Waals surface area contributed by atoms with Crippen molar-refractivity contribution in [2.24, 2.45) is 0 Å². The van der Waals surface area contributed by atoms with Gasteiger partial charge in [0.1, 0.15) is 5.69 Å². The van der Waals surface area contributed by atoms with Crippen LogP contribution in [0.15, 0.2) is 29.1 Å². The van der Waals surface area contributed by atoms with Crippen molar-refractivity contribution in [1.82, 2.24) is 9.55 Å². The van der Waals surface area contributed by atoms with Gasteiger partial charge in [0.25, 0.3) is 5.56 Å². The molecule has 1 aromatic heterocycles. The van der Waals surface area contributed by atoms with Crippen molar-refractivity contribution < 1.29 is 12.9 Å². The first-order valence-electron chi connectivity index (χ1n) is 5.06. The van der Waals surface area contributed by atoms with Gasteiger partial charge in [-0.05, 0) is 25.5 Å². The van der Waals surface area contributed by atoms with Crippen LogP contribution in [0.4, 0.5) is 12.9 Å². The minimum atomic E-state index is -5.06. The van der Waals surface area contributed by atoms with E-state index in [2.05, 4.69) is 4.98 Å². The summed E-state index contributed by atoms with van der Waals surface area (Å²) in [6, 6.07) is 6.30. The minimum absolute atomic E-state index is 0.0729. The van der Waals surface area contributed by atoms with Gasteiger partial charge in [-0.3, -0.25) is 4.79 Å². The minimum Gasteiger partial charge on any atom is -0.448 e. The molecule has 0 bridgehead atoms. The number of aromatic nitrogens is 2. The third-order valence-corrected chi connectivity index (χ3v) is 2.40. The smallest absolute Gasteiger partial charge is 0.448 e. The topological polar surface area (TPSA) is 34.9 Å². The highest BCUT2D eigenvalue weighted by Crippen LogP contribution is 2.15. The number of rotatable bonds is 2. The summed E-state index contributed by atoms with van der Waals surface area (Å²) in [5.74, 6) is 0. The van der Waals surface area contributed by atoms with Crippen LogP contribution in [0.25, 0.3) is 11.0 Å². The first-order chi connectivity index (χ1) is 7.88. The lowest BCUT2D eigenvalue weighted by Crippen LogP contribution is -2.33. The van der Waals surface area contributed by atoms with Gasteiger partial charge in [0.15, 0.2) is 0 Å². The molecule has 0 saturated carbocycles. The largest absolute Gasteiger partial charge is 0.497 e. The Labute approximate surface area is 95.0 Å². The van der Waals surface area contributed by atoms with Gasteiger partial charge in [-0.15, -0.1) is 0 Å². The van der Waals surface area contributed by atoms with Crippen LogP contribution in [0.3, 0.4) is 0 Å². The summed E-state index contributed by atoms with van der Waals surface area (Å²) in [5, 5.41) is 0. The number of para-hydroxylation sites is 2. The molecule has 17 heavy (non-hydrogen) atoms. The van der Waals surface area contributed by atoms with Crippen LogP contribution in [0.2, 0.25) is 0 Å². The first kappa shape index (κ1) is 11.7. The summed E-state index contributed by atoms with van der Waals surface area (Å²) in [4.78, 5) is 15.6. The average Bonchev–Trinajstić information content (AvgIpc) is 2.23. The Morgan fingerprint density at radius 3 is 2.59 bits per heavy atom. The van der Waals surface area contributed by atoms with Crippen molar-refractivity contribution in [3.63, 3.8) is 0 Å². The Balaban J connectivity index is 2.75. The summed E-state index contributed by atoms with van der Waals surface area (Å²) in [7, 11) is 0. The molecule has 1 aromatic carbocycles. The van der Waals surface area contributed by atoms with Gasteiger partial charge in [0.2, 0.25) is 0 Å². The molecule has 0 aliphatic heterocycles. The number of fused-ring (bicyclic) bond motifs is 1. The molecule has 0 spiro atoms. The van der Waals surface area contributed by atoms with E-state index in [0.29, 0.717) is 5.52 Å². The van der Waals surface area contributed by atoms with Gasteiger partial charge in [0, 0.05) is 0 Å². The second kappa shape index (κ2) is 3.90. The van der Waals surface area contributed by atoms with Crippen molar-refractivity contribution in [2.45, 2.75) is 13.4 Å². The molecule has 0 aliphatic rings. The monoisotopic (exact) mass is 241 g/mol. The van der Waals surface area contributed by atoms with Gasteiger partial charge in [0.05, 0.1) is 11.0 Å². The second-order valence-electron chi connectivity index (χ2n) is 3.81. The number of benzene rings is 1. The fourth-order valence-corrected chi connectivity index (χ4v) is 1.71. The van der Waals surface area contributed by atoms with E-state index in [1.54, 1.807) is 18.2 Å². The van der Waals surface area contributed by atoms with Crippen molar-refractivity contribution in [1.29, 1.82) is 0 Å². The quantitative estimate of drug-likeness (QED) is 0.754. The fraction of sp³-hybridized carbons (Fsp3) is 0.200. The summed E-state index contributed by atoms with van der Waals surface area (Å²) >= 11 is 0. The van der Waals surface area contributed by atoms with Crippen LogP contribution in [-0.4, -0.2) is 16.5 Å². The molecule has 2 aromatic rings. The highest BCUT2D eigenvalue weighted by molar-refractivity contribution is 6.57. The molecule has 0 N–H and O–H groups in total. The van der Waals surface area contributed by atoms with Crippen LogP contribution in [0, 0.1) is 6.92 Å². The van der Waals surface area contributed by atoms with Crippen LogP contribution in [0.1, 0.15) is 5.69 Å². The van der Waals surface area contributed by atoms with Crippen LogP contribution >= 0.6 is 0 Å². The molecule has 0 fully saturated rings. The Bertz CT molecular complexity index is 621. The lowest BCUT2D eigenvalue weighted by Gasteiger charge is -2.18. The maximum absolute atomic E-state index is 12.5. The van der Waals surface area contributed by atoms with Crippen LogP contribution in [-0.2, 0) is 6.44 Å².